The molecule has 0 atom stereocenters. The minimum absolute atomic E-state index is 0.497. The summed E-state index contributed by atoms with van der Waals surface area (Å²) in [5.74, 6) is 1.02. The van der Waals surface area contributed by atoms with Crippen molar-refractivity contribution < 1.29 is 0 Å². The van der Waals surface area contributed by atoms with Crippen LogP contribution in [0.2, 0.25) is 0 Å². The minimum Gasteiger partial charge on any atom is -0.265 e. The van der Waals surface area contributed by atoms with Gasteiger partial charge in [-0.05, 0) is 12.1 Å². The van der Waals surface area contributed by atoms with Crippen LogP contribution in [0, 0.1) is 0 Å². The molecule has 2 aromatic heterocycles. The lowest BCUT2D eigenvalue weighted by Gasteiger charge is -1.99. The maximum atomic E-state index is 4.08. The molecule has 3 aromatic rings. The van der Waals surface area contributed by atoms with Crippen molar-refractivity contribution in [1.82, 2.24) is 25.4 Å². The van der Waals surface area contributed by atoms with Gasteiger partial charge in [0.15, 0.2) is 0 Å². The van der Waals surface area contributed by atoms with E-state index in [4.69, 9.17) is 0 Å². The van der Waals surface area contributed by atoms with Gasteiger partial charge in [0, 0.05) is 23.5 Å². The Bertz CT molecular complexity index is 564. The molecule has 1 aromatic carbocycles. The molecule has 0 amide bonds. The zero-order valence-corrected chi connectivity index (χ0v) is 9.43. The first kappa shape index (κ1) is 10.5. The van der Waals surface area contributed by atoms with Crippen LogP contribution in [0.1, 0.15) is 0 Å². The normalized spacial score (nSPS) is 10.2. The van der Waals surface area contributed by atoms with Crippen LogP contribution in [-0.4, -0.2) is 25.4 Å². The summed E-state index contributed by atoms with van der Waals surface area (Å²) in [4.78, 5) is 3.94. The summed E-state index contributed by atoms with van der Waals surface area (Å²) in [6, 6.07) is 13.3. The van der Waals surface area contributed by atoms with Gasteiger partial charge in [-0.2, -0.15) is 0 Å². The smallest absolute Gasteiger partial charge is 0.203 e. The van der Waals surface area contributed by atoms with E-state index in [1.165, 1.54) is 0 Å². The summed E-state index contributed by atoms with van der Waals surface area (Å²) in [7, 11) is 0. The van der Waals surface area contributed by atoms with Crippen molar-refractivity contribution >= 4 is 0 Å². The Hall–Kier alpha value is -2.69. The van der Waals surface area contributed by atoms with E-state index in [2.05, 4.69) is 25.4 Å². The maximum absolute atomic E-state index is 4.08. The van der Waals surface area contributed by atoms with Gasteiger partial charge in [-0.3, -0.25) is 4.98 Å². The van der Waals surface area contributed by atoms with Crippen molar-refractivity contribution in [3.05, 3.63) is 54.9 Å². The lowest BCUT2D eigenvalue weighted by molar-refractivity contribution is 0.876. The Labute approximate surface area is 104 Å². The van der Waals surface area contributed by atoms with Crippen LogP contribution in [0.25, 0.3) is 22.8 Å². The largest absolute Gasteiger partial charge is 0.265 e. The van der Waals surface area contributed by atoms with Crippen molar-refractivity contribution in [2.45, 2.75) is 0 Å². The molecule has 0 unspecified atom stereocenters. The van der Waals surface area contributed by atoms with Gasteiger partial charge < -0.3 is 0 Å². The summed E-state index contributed by atoms with van der Waals surface area (Å²) in [6.07, 6.45) is 3.37. The fraction of sp³-hybridized carbons (Fsp3) is 0. The Morgan fingerprint density at radius 2 is 1.06 bits per heavy atom. The fourth-order valence-electron chi connectivity index (χ4n) is 1.55. The van der Waals surface area contributed by atoms with Gasteiger partial charge in [0.2, 0.25) is 11.6 Å². The molecule has 0 aliphatic rings. The second kappa shape index (κ2) is 4.67. The predicted molar refractivity (Wildman–Crippen MR) is 66.3 cm³/mol. The lowest BCUT2D eigenvalue weighted by Crippen LogP contribution is -1.99. The molecule has 0 aliphatic carbocycles. The molecule has 5 heteroatoms. The average Bonchev–Trinajstić information content (AvgIpc) is 2.49. The predicted octanol–water partition coefficient (Wildman–Crippen LogP) is 2.00. The first-order valence-corrected chi connectivity index (χ1v) is 5.47. The second-order valence-electron chi connectivity index (χ2n) is 3.65. The Morgan fingerprint density at radius 1 is 0.556 bits per heavy atom. The number of pyridine rings is 1. The quantitative estimate of drug-likeness (QED) is 0.679. The zero-order valence-electron chi connectivity index (χ0n) is 9.43. The van der Waals surface area contributed by atoms with Gasteiger partial charge in [-0.15, -0.1) is 20.4 Å². The zero-order chi connectivity index (χ0) is 12.2. The van der Waals surface area contributed by atoms with Crippen LogP contribution >= 0.6 is 0 Å². The summed E-state index contributed by atoms with van der Waals surface area (Å²) in [5.41, 5.74) is 1.75. The molecule has 2 heterocycles. The molecule has 0 spiro atoms. The average molecular weight is 235 g/mol. The van der Waals surface area contributed by atoms with Crippen molar-refractivity contribution in [1.29, 1.82) is 0 Å². The van der Waals surface area contributed by atoms with Gasteiger partial charge in [0.05, 0.1) is 0 Å². The molecular formula is C13H9N5. The van der Waals surface area contributed by atoms with Gasteiger partial charge >= 0.3 is 0 Å². The maximum Gasteiger partial charge on any atom is 0.203 e. The third kappa shape index (κ3) is 2.06. The summed E-state index contributed by atoms with van der Waals surface area (Å²) in [6.45, 7) is 0. The van der Waals surface area contributed by atoms with Crippen molar-refractivity contribution in [3.8, 4) is 22.8 Å². The molecule has 0 fully saturated rings. The highest BCUT2D eigenvalue weighted by Crippen LogP contribution is 2.14. The third-order valence-electron chi connectivity index (χ3n) is 2.45. The number of hydrogen-bond donors (Lipinski definition) is 0. The highest BCUT2D eigenvalue weighted by atomic mass is 15.3. The van der Waals surface area contributed by atoms with E-state index in [1.54, 1.807) is 12.4 Å². The van der Waals surface area contributed by atoms with E-state index in [1.807, 2.05) is 42.5 Å². The summed E-state index contributed by atoms with van der Waals surface area (Å²) >= 11 is 0. The Kier molecular flexibility index (Phi) is 2.71. The van der Waals surface area contributed by atoms with E-state index >= 15 is 0 Å². The fourth-order valence-corrected chi connectivity index (χ4v) is 1.55. The second-order valence-corrected chi connectivity index (χ2v) is 3.65. The van der Waals surface area contributed by atoms with E-state index in [0.29, 0.717) is 11.6 Å². The van der Waals surface area contributed by atoms with Gasteiger partial charge in [0.25, 0.3) is 0 Å². The van der Waals surface area contributed by atoms with Crippen molar-refractivity contribution in [3.63, 3.8) is 0 Å². The molecule has 86 valence electrons. The molecule has 3 rings (SSSR count). The number of aromatic nitrogens is 5. The van der Waals surface area contributed by atoms with Crippen LogP contribution in [-0.2, 0) is 0 Å². The number of nitrogens with zero attached hydrogens (tertiary/aromatic N) is 5. The molecule has 0 aliphatic heterocycles. The Balaban J connectivity index is 1.95. The standard InChI is InChI=1S/C13H9N5/c1-2-4-10(5-3-1)12-15-17-13(18-16-12)11-6-8-14-9-7-11/h1-9H. The number of benzene rings is 1. The Morgan fingerprint density at radius 3 is 1.61 bits per heavy atom. The van der Waals surface area contributed by atoms with Crippen LogP contribution in [0.15, 0.2) is 54.9 Å². The van der Waals surface area contributed by atoms with Crippen molar-refractivity contribution in [2.75, 3.05) is 0 Å². The molecule has 0 radical (unpaired) electrons. The SMILES string of the molecule is c1ccc(-c2nnc(-c3ccncc3)nn2)cc1. The van der Waals surface area contributed by atoms with Crippen molar-refractivity contribution in [2.24, 2.45) is 0 Å². The van der Waals surface area contributed by atoms with E-state index < -0.39 is 0 Å². The molecule has 0 saturated heterocycles. The monoisotopic (exact) mass is 235 g/mol. The van der Waals surface area contributed by atoms with Crippen LogP contribution < -0.4 is 0 Å². The third-order valence-corrected chi connectivity index (χ3v) is 2.45. The molecule has 0 saturated carbocycles. The van der Waals surface area contributed by atoms with Gasteiger partial charge in [-0.25, -0.2) is 0 Å². The van der Waals surface area contributed by atoms with Crippen LogP contribution in [0.4, 0.5) is 0 Å². The molecule has 18 heavy (non-hydrogen) atoms. The van der Waals surface area contributed by atoms with Gasteiger partial charge in [0.1, 0.15) is 0 Å². The highest BCUT2D eigenvalue weighted by Gasteiger charge is 2.05. The summed E-state index contributed by atoms with van der Waals surface area (Å²) in [5, 5.41) is 16.3. The molecule has 0 N–H and O–H groups in total. The number of hydrogen-bond acceptors (Lipinski definition) is 5. The van der Waals surface area contributed by atoms with E-state index in [9.17, 15) is 0 Å². The molecule has 5 nitrogen and oxygen atoms in total. The number of rotatable bonds is 2. The van der Waals surface area contributed by atoms with Crippen LogP contribution in [0.5, 0.6) is 0 Å². The lowest BCUT2D eigenvalue weighted by atomic mass is 10.2. The minimum atomic E-state index is 0.497. The first-order chi connectivity index (χ1) is 8.93. The van der Waals surface area contributed by atoms with Crippen LogP contribution in [0.3, 0.4) is 0 Å². The highest BCUT2D eigenvalue weighted by molar-refractivity contribution is 5.55. The van der Waals surface area contributed by atoms with Gasteiger partial charge in [-0.1, -0.05) is 30.3 Å². The van der Waals surface area contributed by atoms with E-state index in [0.717, 1.165) is 11.1 Å². The van der Waals surface area contributed by atoms with E-state index in [-0.39, 0.29) is 0 Å². The molecular weight excluding hydrogens is 226 g/mol. The molecule has 0 bridgehead atoms. The summed E-state index contributed by atoms with van der Waals surface area (Å²) < 4.78 is 0. The first-order valence-electron chi connectivity index (χ1n) is 5.47. The topological polar surface area (TPSA) is 64.5 Å².